The minimum Gasteiger partial charge on any atom is -0.394 e. The van der Waals surface area contributed by atoms with Gasteiger partial charge in [0.2, 0.25) is 0 Å². The molecule has 0 bridgehead atoms. The summed E-state index contributed by atoms with van der Waals surface area (Å²) in [5.74, 6) is 0. The van der Waals surface area contributed by atoms with Crippen molar-refractivity contribution < 1.29 is 15.3 Å². The smallest absolute Gasteiger partial charge is 0.100 e. The molecular weight excluding hydrogens is 204 g/mol. The summed E-state index contributed by atoms with van der Waals surface area (Å²) >= 11 is 0. The van der Waals surface area contributed by atoms with E-state index in [-0.39, 0.29) is 13.2 Å². The summed E-state index contributed by atoms with van der Waals surface area (Å²) in [4.78, 5) is 0. The fourth-order valence-corrected chi connectivity index (χ4v) is 0.940. The minimum atomic E-state index is -0.954. The third kappa shape index (κ3) is 5.46. The van der Waals surface area contributed by atoms with Gasteiger partial charge in [0.1, 0.15) is 6.10 Å². The lowest BCUT2D eigenvalue weighted by molar-refractivity contribution is 0.0450. The molecule has 1 aromatic carbocycles. The highest BCUT2D eigenvalue weighted by molar-refractivity contribution is 5.63. The zero-order chi connectivity index (χ0) is 12.4. The van der Waals surface area contributed by atoms with E-state index in [1.807, 2.05) is 36.4 Å². The van der Waals surface area contributed by atoms with E-state index < -0.39 is 6.10 Å². The van der Waals surface area contributed by atoms with E-state index in [1.165, 1.54) is 0 Å². The summed E-state index contributed by atoms with van der Waals surface area (Å²) in [7, 11) is 0. The van der Waals surface area contributed by atoms with Crippen molar-refractivity contribution in [2.45, 2.75) is 6.10 Å². The summed E-state index contributed by atoms with van der Waals surface area (Å²) in [6, 6.07) is 8.02. The Bertz CT molecular complexity index is 290. The third-order valence-electron chi connectivity index (χ3n) is 1.86. The van der Waals surface area contributed by atoms with E-state index in [0.717, 1.165) is 11.1 Å². The van der Waals surface area contributed by atoms with Gasteiger partial charge in [-0.25, -0.2) is 0 Å². The van der Waals surface area contributed by atoms with Gasteiger partial charge in [0.15, 0.2) is 0 Å². The van der Waals surface area contributed by atoms with Crippen LogP contribution in [0.2, 0.25) is 0 Å². The highest BCUT2D eigenvalue weighted by Gasteiger charge is 1.93. The standard InChI is InChI=1S/C10H10.C3H8O3/c1-3-9-7-5-6-8-10(9)4-2;4-1-3(6)2-5/h3-8H,1-2H2;3-6H,1-2H2. The van der Waals surface area contributed by atoms with Gasteiger partial charge in [-0.2, -0.15) is 0 Å². The Kier molecular flexibility index (Phi) is 8.07. The lowest BCUT2D eigenvalue weighted by Crippen LogP contribution is -2.15. The Labute approximate surface area is 96.0 Å². The Balaban J connectivity index is 0.000000325. The molecule has 16 heavy (non-hydrogen) atoms. The molecule has 3 N–H and O–H groups in total. The van der Waals surface area contributed by atoms with Gasteiger partial charge in [0.05, 0.1) is 13.2 Å². The van der Waals surface area contributed by atoms with E-state index in [2.05, 4.69) is 13.2 Å². The second-order valence-electron chi connectivity index (χ2n) is 3.06. The van der Waals surface area contributed by atoms with Crippen LogP contribution in [0.15, 0.2) is 37.4 Å². The van der Waals surface area contributed by atoms with Crippen molar-refractivity contribution in [1.82, 2.24) is 0 Å². The van der Waals surface area contributed by atoms with Crippen LogP contribution in [0.5, 0.6) is 0 Å². The van der Waals surface area contributed by atoms with Crippen molar-refractivity contribution in [2.75, 3.05) is 13.2 Å². The monoisotopic (exact) mass is 222 g/mol. The van der Waals surface area contributed by atoms with Crippen LogP contribution in [0.3, 0.4) is 0 Å². The molecule has 3 nitrogen and oxygen atoms in total. The molecule has 88 valence electrons. The van der Waals surface area contributed by atoms with Crippen LogP contribution in [-0.4, -0.2) is 34.6 Å². The molecule has 0 aliphatic heterocycles. The van der Waals surface area contributed by atoms with Crippen molar-refractivity contribution in [3.63, 3.8) is 0 Å². The van der Waals surface area contributed by atoms with Crippen LogP contribution < -0.4 is 0 Å². The highest BCUT2D eigenvalue weighted by atomic mass is 16.3. The molecule has 0 spiro atoms. The average molecular weight is 222 g/mol. The summed E-state index contributed by atoms with van der Waals surface area (Å²) < 4.78 is 0. The lowest BCUT2D eigenvalue weighted by atomic mass is 10.1. The summed E-state index contributed by atoms with van der Waals surface area (Å²) in [6.45, 7) is 6.65. The quantitative estimate of drug-likeness (QED) is 0.719. The topological polar surface area (TPSA) is 60.7 Å². The van der Waals surface area contributed by atoms with Crippen LogP contribution in [0.4, 0.5) is 0 Å². The van der Waals surface area contributed by atoms with Crippen LogP contribution in [0, 0.1) is 0 Å². The summed E-state index contributed by atoms with van der Waals surface area (Å²) in [5.41, 5.74) is 2.27. The third-order valence-corrected chi connectivity index (χ3v) is 1.86. The second-order valence-corrected chi connectivity index (χ2v) is 3.06. The van der Waals surface area contributed by atoms with E-state index in [1.54, 1.807) is 0 Å². The maximum Gasteiger partial charge on any atom is 0.100 e. The van der Waals surface area contributed by atoms with E-state index in [9.17, 15) is 0 Å². The fraction of sp³-hybridized carbons (Fsp3) is 0.231. The second kappa shape index (κ2) is 8.85. The lowest BCUT2D eigenvalue weighted by Gasteiger charge is -1.96. The SMILES string of the molecule is C=Cc1ccccc1C=C.OCC(O)CO. The minimum absolute atomic E-state index is 0.365. The van der Waals surface area contributed by atoms with Crippen molar-refractivity contribution in [3.8, 4) is 0 Å². The van der Waals surface area contributed by atoms with Gasteiger partial charge in [-0.1, -0.05) is 49.6 Å². The maximum absolute atomic E-state index is 8.17. The first-order chi connectivity index (χ1) is 7.69. The van der Waals surface area contributed by atoms with Gasteiger partial charge in [-0.15, -0.1) is 0 Å². The van der Waals surface area contributed by atoms with Crippen LogP contribution in [0.25, 0.3) is 12.2 Å². The van der Waals surface area contributed by atoms with Crippen molar-refractivity contribution in [2.24, 2.45) is 0 Å². The average Bonchev–Trinajstić information content (AvgIpc) is 2.38. The predicted molar refractivity (Wildman–Crippen MR) is 66.8 cm³/mol. The van der Waals surface area contributed by atoms with Crippen molar-refractivity contribution in [3.05, 3.63) is 48.6 Å². The molecule has 0 aromatic heterocycles. The Morgan fingerprint density at radius 3 is 1.56 bits per heavy atom. The molecule has 0 aliphatic rings. The number of hydrogen-bond acceptors (Lipinski definition) is 3. The van der Waals surface area contributed by atoms with E-state index >= 15 is 0 Å². The molecule has 0 fully saturated rings. The molecule has 0 radical (unpaired) electrons. The molecule has 0 unspecified atom stereocenters. The Morgan fingerprint density at radius 1 is 1.00 bits per heavy atom. The molecule has 0 amide bonds. The predicted octanol–water partition coefficient (Wildman–Crippen LogP) is 1.30. The Morgan fingerprint density at radius 2 is 1.38 bits per heavy atom. The highest BCUT2D eigenvalue weighted by Crippen LogP contribution is 2.10. The van der Waals surface area contributed by atoms with Gasteiger partial charge in [-0.05, 0) is 11.1 Å². The van der Waals surface area contributed by atoms with Crippen LogP contribution in [-0.2, 0) is 0 Å². The molecule has 0 aliphatic carbocycles. The van der Waals surface area contributed by atoms with Gasteiger partial charge in [-0.3, -0.25) is 0 Å². The van der Waals surface area contributed by atoms with E-state index in [4.69, 9.17) is 15.3 Å². The number of benzene rings is 1. The Hall–Kier alpha value is -1.42. The summed E-state index contributed by atoms with van der Waals surface area (Å²) in [6.07, 6.45) is 2.71. The molecule has 1 aromatic rings. The van der Waals surface area contributed by atoms with E-state index in [0.29, 0.717) is 0 Å². The molecule has 0 heterocycles. The molecule has 0 atom stereocenters. The molecule has 1 rings (SSSR count). The molecular formula is C13H18O3. The normalized spacial score (nSPS) is 9.25. The number of aliphatic hydroxyl groups is 3. The zero-order valence-corrected chi connectivity index (χ0v) is 9.21. The fourth-order valence-electron chi connectivity index (χ4n) is 0.940. The largest absolute Gasteiger partial charge is 0.394 e. The van der Waals surface area contributed by atoms with Crippen LogP contribution >= 0.6 is 0 Å². The molecule has 3 heteroatoms. The van der Waals surface area contributed by atoms with Gasteiger partial charge < -0.3 is 15.3 Å². The first-order valence-corrected chi connectivity index (χ1v) is 4.93. The van der Waals surface area contributed by atoms with Gasteiger partial charge in [0.25, 0.3) is 0 Å². The zero-order valence-electron chi connectivity index (χ0n) is 9.21. The first kappa shape index (κ1) is 14.6. The molecule has 0 saturated carbocycles. The first-order valence-electron chi connectivity index (χ1n) is 4.93. The number of aliphatic hydroxyl groups excluding tert-OH is 3. The van der Waals surface area contributed by atoms with Gasteiger partial charge >= 0.3 is 0 Å². The van der Waals surface area contributed by atoms with Gasteiger partial charge in [0, 0.05) is 0 Å². The summed E-state index contributed by atoms with van der Waals surface area (Å²) in [5, 5.41) is 24.0. The van der Waals surface area contributed by atoms with Crippen molar-refractivity contribution in [1.29, 1.82) is 0 Å². The van der Waals surface area contributed by atoms with Crippen LogP contribution in [0.1, 0.15) is 11.1 Å². The molecule has 0 saturated heterocycles. The number of rotatable bonds is 4. The maximum atomic E-state index is 8.17. The number of hydrogen-bond donors (Lipinski definition) is 3. The van der Waals surface area contributed by atoms with Crippen molar-refractivity contribution >= 4 is 12.2 Å².